The van der Waals surface area contributed by atoms with Crippen LogP contribution < -0.4 is 0 Å². The van der Waals surface area contributed by atoms with Crippen molar-refractivity contribution in [3.63, 3.8) is 0 Å². The van der Waals surface area contributed by atoms with Gasteiger partial charge in [-0.25, -0.2) is 0 Å². The molecule has 0 saturated carbocycles. The highest BCUT2D eigenvalue weighted by Crippen LogP contribution is 2.17. The Kier molecular flexibility index (Phi) is 7.68. The van der Waals surface area contributed by atoms with E-state index in [4.69, 9.17) is 18.0 Å². The molecule has 0 N–H and O–H groups in total. The van der Waals surface area contributed by atoms with Crippen molar-refractivity contribution in [1.82, 2.24) is 0 Å². The Morgan fingerprint density at radius 1 is 1.13 bits per heavy atom. The van der Waals surface area contributed by atoms with E-state index in [0.29, 0.717) is 0 Å². The fourth-order valence-corrected chi connectivity index (χ4v) is 3.09. The van der Waals surface area contributed by atoms with Crippen LogP contribution in [0.15, 0.2) is 12.3 Å². The van der Waals surface area contributed by atoms with Crippen LogP contribution in [0.5, 0.6) is 0 Å². The Labute approximate surface area is 93.5 Å². The van der Waals surface area contributed by atoms with Crippen LogP contribution in [0.3, 0.4) is 0 Å². The zero-order valence-electron chi connectivity index (χ0n) is 10.3. The molecular weight excluding hydrogens is 212 g/mol. The Morgan fingerprint density at radius 3 is 2.07 bits per heavy atom. The maximum atomic E-state index is 5.40. The molecule has 90 valence electrons. The topological polar surface area (TPSA) is 36.9 Å². The lowest BCUT2D eigenvalue weighted by Gasteiger charge is -2.25. The molecule has 0 amide bonds. The molecule has 1 unspecified atom stereocenters. The fraction of sp³-hybridized carbons (Fsp3) is 0.800. The molecule has 15 heavy (non-hydrogen) atoms. The third-order valence-electron chi connectivity index (χ3n) is 2.24. The first-order chi connectivity index (χ1) is 7.14. The van der Waals surface area contributed by atoms with E-state index >= 15 is 0 Å². The number of hydrogen-bond acceptors (Lipinski definition) is 4. The number of allylic oxidation sites excluding steroid dienone is 1. The third kappa shape index (κ3) is 5.32. The second-order valence-corrected chi connectivity index (χ2v) is 6.34. The quantitative estimate of drug-likeness (QED) is 0.476. The second-order valence-electron chi connectivity index (χ2n) is 3.25. The second kappa shape index (κ2) is 7.87. The van der Waals surface area contributed by atoms with E-state index in [0.717, 1.165) is 12.5 Å². The van der Waals surface area contributed by atoms with Gasteiger partial charge in [-0.3, -0.25) is 0 Å². The van der Waals surface area contributed by atoms with Gasteiger partial charge in [0.1, 0.15) is 0 Å². The maximum absolute atomic E-state index is 5.40. The average molecular weight is 234 g/mol. The summed E-state index contributed by atoms with van der Waals surface area (Å²) in [5.41, 5.74) is 0. The van der Waals surface area contributed by atoms with Crippen LogP contribution in [0.4, 0.5) is 0 Å². The first-order valence-corrected chi connectivity index (χ1v) is 6.99. The molecule has 0 saturated heterocycles. The summed E-state index contributed by atoms with van der Waals surface area (Å²) in [7, 11) is 2.44. The molecule has 5 heteroatoms. The molecular formula is C10H22O4Si. The largest absolute Gasteiger partial charge is 0.500 e. The lowest BCUT2D eigenvalue weighted by Crippen LogP contribution is -2.43. The first-order valence-electron chi connectivity index (χ1n) is 5.06. The Balaban J connectivity index is 3.98. The minimum Gasteiger partial charge on any atom is -0.499 e. The van der Waals surface area contributed by atoms with Gasteiger partial charge in [0.25, 0.3) is 0 Å². The summed E-state index contributed by atoms with van der Waals surface area (Å²) < 4.78 is 21.3. The molecule has 0 rings (SSSR count). The molecule has 1 atom stereocenters. The van der Waals surface area contributed by atoms with E-state index in [1.807, 2.05) is 19.9 Å². The Morgan fingerprint density at radius 2 is 1.67 bits per heavy atom. The number of rotatable bonds is 8. The van der Waals surface area contributed by atoms with E-state index in [2.05, 4.69) is 0 Å². The van der Waals surface area contributed by atoms with Crippen LogP contribution in [-0.4, -0.2) is 36.2 Å². The van der Waals surface area contributed by atoms with Gasteiger partial charge in [0, 0.05) is 27.4 Å². The van der Waals surface area contributed by atoms with Crippen LogP contribution in [0.2, 0.25) is 6.04 Å². The third-order valence-corrected chi connectivity index (χ3v) is 5.00. The van der Waals surface area contributed by atoms with Gasteiger partial charge in [-0.05, 0) is 20.3 Å². The van der Waals surface area contributed by atoms with E-state index in [1.165, 1.54) is 0 Å². The summed E-state index contributed by atoms with van der Waals surface area (Å²) in [6.07, 6.45) is 4.56. The van der Waals surface area contributed by atoms with Gasteiger partial charge < -0.3 is 18.0 Å². The lowest BCUT2D eigenvalue weighted by molar-refractivity contribution is 0.109. The molecule has 0 aromatic heterocycles. The summed E-state index contributed by atoms with van der Waals surface area (Å²) in [6, 6.07) is 0.759. The van der Waals surface area contributed by atoms with Crippen LogP contribution in [-0.2, 0) is 18.0 Å². The van der Waals surface area contributed by atoms with Crippen molar-refractivity contribution in [2.75, 3.05) is 21.3 Å². The molecule has 0 heterocycles. The van der Waals surface area contributed by atoms with Gasteiger partial charge in [-0.15, -0.1) is 0 Å². The smallest absolute Gasteiger partial charge is 0.499 e. The molecule has 0 aromatic carbocycles. The minimum absolute atomic E-state index is 0.147. The molecule has 0 bridgehead atoms. The summed E-state index contributed by atoms with van der Waals surface area (Å²) in [5, 5.41) is 0. The van der Waals surface area contributed by atoms with Crippen LogP contribution in [0.1, 0.15) is 20.3 Å². The summed E-state index contributed by atoms with van der Waals surface area (Å²) in [6.45, 7) is 3.94. The first kappa shape index (κ1) is 14.6. The standard InChI is InChI=1S/C10H22O4Si/c1-6-8-14-10(2)7-9-15(11-3,12-4)13-5/h6,8,10H,7,9H2,1-5H3. The van der Waals surface area contributed by atoms with Gasteiger partial charge in [0.2, 0.25) is 0 Å². The molecule has 0 fully saturated rings. The number of ether oxygens (including phenoxy) is 1. The van der Waals surface area contributed by atoms with Crippen molar-refractivity contribution in [2.45, 2.75) is 32.4 Å². The van der Waals surface area contributed by atoms with Gasteiger partial charge in [-0.2, -0.15) is 0 Å². The SMILES string of the molecule is CC=COC(C)CC[Si](OC)(OC)OC. The van der Waals surface area contributed by atoms with Gasteiger partial charge >= 0.3 is 8.80 Å². The molecule has 0 radical (unpaired) electrons. The zero-order chi connectivity index (χ0) is 11.7. The van der Waals surface area contributed by atoms with E-state index in [1.54, 1.807) is 27.6 Å². The molecule has 0 aliphatic rings. The van der Waals surface area contributed by atoms with Crippen molar-refractivity contribution in [2.24, 2.45) is 0 Å². The fourth-order valence-electron chi connectivity index (χ4n) is 1.22. The average Bonchev–Trinajstić information content (AvgIpc) is 2.29. The maximum Gasteiger partial charge on any atom is 0.500 e. The molecule has 0 aliphatic heterocycles. The van der Waals surface area contributed by atoms with Crippen molar-refractivity contribution >= 4 is 8.80 Å². The Bertz CT molecular complexity index is 172. The Hall–Kier alpha value is -0.363. The predicted molar refractivity (Wildman–Crippen MR) is 61.6 cm³/mol. The molecule has 0 aliphatic carbocycles. The highest BCUT2D eigenvalue weighted by atomic mass is 28.4. The normalized spacial score (nSPS) is 14.5. The zero-order valence-corrected chi connectivity index (χ0v) is 11.3. The van der Waals surface area contributed by atoms with E-state index in [9.17, 15) is 0 Å². The monoisotopic (exact) mass is 234 g/mol. The van der Waals surface area contributed by atoms with E-state index < -0.39 is 8.80 Å². The van der Waals surface area contributed by atoms with Gasteiger partial charge in [0.15, 0.2) is 0 Å². The highest BCUT2D eigenvalue weighted by molar-refractivity contribution is 6.60. The van der Waals surface area contributed by atoms with Gasteiger partial charge in [0.05, 0.1) is 12.4 Å². The summed E-state index contributed by atoms with van der Waals surface area (Å²) in [4.78, 5) is 0. The van der Waals surface area contributed by atoms with Gasteiger partial charge in [-0.1, -0.05) is 6.08 Å². The minimum atomic E-state index is -2.42. The number of hydrogen-bond donors (Lipinski definition) is 0. The van der Waals surface area contributed by atoms with Crippen molar-refractivity contribution in [3.8, 4) is 0 Å². The van der Waals surface area contributed by atoms with Crippen LogP contribution in [0, 0.1) is 0 Å². The lowest BCUT2D eigenvalue weighted by atomic mass is 10.3. The van der Waals surface area contributed by atoms with E-state index in [-0.39, 0.29) is 6.10 Å². The van der Waals surface area contributed by atoms with Crippen molar-refractivity contribution in [1.29, 1.82) is 0 Å². The van der Waals surface area contributed by atoms with Crippen LogP contribution in [0.25, 0.3) is 0 Å². The summed E-state index contributed by atoms with van der Waals surface area (Å²) >= 11 is 0. The highest BCUT2D eigenvalue weighted by Gasteiger charge is 2.37. The molecule has 0 aromatic rings. The predicted octanol–water partition coefficient (Wildman–Crippen LogP) is 2.19. The van der Waals surface area contributed by atoms with Crippen molar-refractivity contribution in [3.05, 3.63) is 12.3 Å². The molecule has 4 nitrogen and oxygen atoms in total. The molecule has 0 spiro atoms. The summed E-state index contributed by atoms with van der Waals surface area (Å²) in [5.74, 6) is 0. The van der Waals surface area contributed by atoms with Crippen molar-refractivity contribution < 1.29 is 18.0 Å². The van der Waals surface area contributed by atoms with Crippen LogP contribution >= 0.6 is 0 Å².